The normalized spacial score (nSPS) is 10.9. The summed E-state index contributed by atoms with van der Waals surface area (Å²) in [5.41, 5.74) is 0.559. The predicted octanol–water partition coefficient (Wildman–Crippen LogP) is 3.10. The molecule has 0 aliphatic carbocycles. The highest BCUT2D eigenvalue weighted by atomic mass is 32.2. The van der Waals surface area contributed by atoms with Crippen LogP contribution in [0.5, 0.6) is 0 Å². The topological polar surface area (TPSA) is 43.4 Å². The molecule has 0 saturated carbocycles. The first-order valence-electron chi connectivity index (χ1n) is 5.60. The van der Waals surface area contributed by atoms with Crippen molar-refractivity contribution >= 4 is 23.5 Å². The number of hydrogen-bond acceptors (Lipinski definition) is 4. The maximum absolute atomic E-state index is 11.7. The first-order valence-corrected chi connectivity index (χ1v) is 6.48. The Hall–Kier alpha value is -1.55. The molecule has 0 aromatic heterocycles. The molecule has 0 aliphatic rings. The van der Waals surface area contributed by atoms with Gasteiger partial charge in [0.2, 0.25) is 0 Å². The van der Waals surface area contributed by atoms with E-state index in [1.165, 1.54) is 13.2 Å². The molecule has 0 aliphatic heterocycles. The first-order chi connectivity index (χ1) is 8.52. The Morgan fingerprint density at radius 3 is 2.28 bits per heavy atom. The lowest BCUT2D eigenvalue weighted by atomic mass is 10.1. The molecule has 0 unspecified atom stereocenters. The smallest absolute Gasteiger partial charge is 0.330 e. The third-order valence-corrected chi connectivity index (χ3v) is 3.10. The van der Waals surface area contributed by atoms with E-state index < -0.39 is 5.97 Å². The molecule has 1 aromatic rings. The van der Waals surface area contributed by atoms with Crippen molar-refractivity contribution in [3.05, 3.63) is 42.0 Å². The largest absolute Gasteiger partial charge is 0.466 e. The van der Waals surface area contributed by atoms with Gasteiger partial charge in [0.05, 0.1) is 7.11 Å². The van der Waals surface area contributed by atoms with Gasteiger partial charge in [0.15, 0.2) is 5.78 Å². The van der Waals surface area contributed by atoms with Crippen molar-refractivity contribution in [2.75, 3.05) is 7.11 Å². The van der Waals surface area contributed by atoms with E-state index in [-0.39, 0.29) is 5.78 Å². The average molecular weight is 264 g/mol. The second-order valence-corrected chi connectivity index (χ2v) is 5.56. The minimum Gasteiger partial charge on any atom is -0.466 e. The van der Waals surface area contributed by atoms with Gasteiger partial charge >= 0.3 is 5.97 Å². The number of allylic oxidation sites excluding steroid dienone is 1. The molecule has 0 saturated heterocycles. The lowest BCUT2D eigenvalue weighted by molar-refractivity contribution is -0.134. The van der Waals surface area contributed by atoms with Crippen LogP contribution < -0.4 is 0 Å². The highest BCUT2D eigenvalue weighted by Crippen LogP contribution is 2.22. The molecule has 3 nitrogen and oxygen atoms in total. The second-order valence-electron chi connectivity index (χ2n) is 3.91. The van der Waals surface area contributed by atoms with Gasteiger partial charge in [-0.1, -0.05) is 13.8 Å². The third-order valence-electron chi connectivity index (χ3n) is 2.08. The molecule has 0 spiro atoms. The lowest BCUT2D eigenvalue weighted by Crippen LogP contribution is -1.98. The number of thioether (sulfide) groups is 1. The summed E-state index contributed by atoms with van der Waals surface area (Å²) in [6, 6.07) is 7.33. The molecule has 0 radical (unpaired) electrons. The van der Waals surface area contributed by atoms with Crippen molar-refractivity contribution in [1.82, 2.24) is 0 Å². The van der Waals surface area contributed by atoms with E-state index in [4.69, 9.17) is 0 Å². The number of ketones is 1. The van der Waals surface area contributed by atoms with Crippen molar-refractivity contribution in [3.63, 3.8) is 0 Å². The predicted molar refractivity (Wildman–Crippen MR) is 72.9 cm³/mol. The van der Waals surface area contributed by atoms with Crippen LogP contribution >= 0.6 is 11.8 Å². The van der Waals surface area contributed by atoms with Crippen molar-refractivity contribution in [2.45, 2.75) is 24.0 Å². The highest BCUT2D eigenvalue weighted by molar-refractivity contribution is 7.99. The van der Waals surface area contributed by atoms with Gasteiger partial charge in [0.25, 0.3) is 0 Å². The summed E-state index contributed by atoms with van der Waals surface area (Å²) in [5, 5.41) is 0.505. The van der Waals surface area contributed by atoms with Crippen LogP contribution in [0.15, 0.2) is 41.3 Å². The summed E-state index contributed by atoms with van der Waals surface area (Å²) in [6.07, 6.45) is 2.34. The standard InChI is InChI=1S/C14H16O3S/c1-10(2)18-12-6-4-11(5-7-12)13(15)8-9-14(16)17-3/h4-10H,1-3H3/b9-8+. The molecule has 96 valence electrons. The Kier molecular flexibility index (Phi) is 5.65. The number of rotatable bonds is 5. The van der Waals surface area contributed by atoms with E-state index in [2.05, 4.69) is 18.6 Å². The van der Waals surface area contributed by atoms with E-state index in [1.54, 1.807) is 23.9 Å². The van der Waals surface area contributed by atoms with Gasteiger partial charge in [0.1, 0.15) is 0 Å². The summed E-state index contributed by atoms with van der Waals surface area (Å²) in [5.74, 6) is -0.739. The fourth-order valence-electron chi connectivity index (χ4n) is 1.28. The fraction of sp³-hybridized carbons (Fsp3) is 0.286. The number of carbonyl (C=O) groups is 2. The van der Waals surface area contributed by atoms with Gasteiger partial charge in [-0.15, -0.1) is 11.8 Å². The quantitative estimate of drug-likeness (QED) is 0.355. The van der Waals surface area contributed by atoms with E-state index in [0.29, 0.717) is 10.8 Å². The summed E-state index contributed by atoms with van der Waals surface area (Å²) in [7, 11) is 1.27. The fourth-order valence-corrected chi connectivity index (χ4v) is 2.12. The monoisotopic (exact) mass is 264 g/mol. The van der Waals surface area contributed by atoms with Crippen molar-refractivity contribution in [1.29, 1.82) is 0 Å². The molecular weight excluding hydrogens is 248 g/mol. The summed E-state index contributed by atoms with van der Waals surface area (Å²) in [6.45, 7) is 4.23. The van der Waals surface area contributed by atoms with Gasteiger partial charge < -0.3 is 4.74 Å². The summed E-state index contributed by atoms with van der Waals surface area (Å²) >= 11 is 1.74. The molecule has 0 fully saturated rings. The minimum atomic E-state index is -0.532. The SMILES string of the molecule is COC(=O)/C=C/C(=O)c1ccc(SC(C)C)cc1. The number of carbonyl (C=O) groups excluding carboxylic acids is 2. The zero-order valence-corrected chi connectivity index (χ0v) is 11.5. The van der Waals surface area contributed by atoms with Gasteiger partial charge in [-0.3, -0.25) is 4.79 Å². The molecule has 0 bridgehead atoms. The van der Waals surface area contributed by atoms with Gasteiger partial charge in [0, 0.05) is 21.8 Å². The van der Waals surface area contributed by atoms with Crippen LogP contribution in [0.1, 0.15) is 24.2 Å². The zero-order chi connectivity index (χ0) is 13.5. The summed E-state index contributed by atoms with van der Waals surface area (Å²) < 4.78 is 4.42. The van der Waals surface area contributed by atoms with Crippen LogP contribution in [-0.4, -0.2) is 24.1 Å². The number of esters is 1. The number of benzene rings is 1. The van der Waals surface area contributed by atoms with Crippen molar-refractivity contribution < 1.29 is 14.3 Å². The Morgan fingerprint density at radius 2 is 1.78 bits per heavy atom. The average Bonchev–Trinajstić information content (AvgIpc) is 2.35. The molecule has 4 heteroatoms. The Labute approximate surface area is 111 Å². The maximum atomic E-state index is 11.7. The molecule has 0 amide bonds. The number of methoxy groups -OCH3 is 1. The van der Waals surface area contributed by atoms with E-state index in [9.17, 15) is 9.59 Å². The second kappa shape index (κ2) is 7.01. The first kappa shape index (κ1) is 14.5. The van der Waals surface area contributed by atoms with E-state index in [1.807, 2.05) is 12.1 Å². The van der Waals surface area contributed by atoms with Gasteiger partial charge in [-0.25, -0.2) is 4.79 Å². The van der Waals surface area contributed by atoms with Gasteiger partial charge in [-0.05, 0) is 30.3 Å². The van der Waals surface area contributed by atoms with Crippen LogP contribution in [0.3, 0.4) is 0 Å². The Balaban J connectivity index is 2.70. The molecule has 18 heavy (non-hydrogen) atoms. The lowest BCUT2D eigenvalue weighted by Gasteiger charge is -2.04. The van der Waals surface area contributed by atoms with E-state index in [0.717, 1.165) is 11.0 Å². The van der Waals surface area contributed by atoms with Crippen molar-refractivity contribution in [2.24, 2.45) is 0 Å². The molecule has 0 heterocycles. The summed E-state index contributed by atoms with van der Waals surface area (Å²) in [4.78, 5) is 23.7. The van der Waals surface area contributed by atoms with Crippen LogP contribution in [-0.2, 0) is 9.53 Å². The molecule has 0 N–H and O–H groups in total. The van der Waals surface area contributed by atoms with Crippen LogP contribution in [0.25, 0.3) is 0 Å². The third kappa shape index (κ3) is 4.75. The molecule has 1 aromatic carbocycles. The van der Waals surface area contributed by atoms with Gasteiger partial charge in [-0.2, -0.15) is 0 Å². The van der Waals surface area contributed by atoms with Crippen molar-refractivity contribution in [3.8, 4) is 0 Å². The van der Waals surface area contributed by atoms with Crippen LogP contribution in [0, 0.1) is 0 Å². The zero-order valence-electron chi connectivity index (χ0n) is 10.7. The van der Waals surface area contributed by atoms with E-state index >= 15 is 0 Å². The molecule has 1 rings (SSSR count). The molecular formula is C14H16O3S. The highest BCUT2D eigenvalue weighted by Gasteiger charge is 2.04. The Morgan fingerprint density at radius 1 is 1.17 bits per heavy atom. The number of ether oxygens (including phenoxy) is 1. The number of hydrogen-bond donors (Lipinski definition) is 0. The Bertz CT molecular complexity index is 447. The van der Waals surface area contributed by atoms with Crippen LogP contribution in [0.4, 0.5) is 0 Å². The maximum Gasteiger partial charge on any atom is 0.330 e. The van der Waals surface area contributed by atoms with Crippen LogP contribution in [0.2, 0.25) is 0 Å². The minimum absolute atomic E-state index is 0.207. The molecule has 0 atom stereocenters.